The third kappa shape index (κ3) is 4.47. The third-order valence-corrected chi connectivity index (χ3v) is 6.72. The average molecular weight is 449 g/mol. The first-order valence-corrected chi connectivity index (χ1v) is 11.7. The summed E-state index contributed by atoms with van der Waals surface area (Å²) in [5, 5.41) is 0. The lowest BCUT2D eigenvalue weighted by molar-refractivity contribution is 0.356. The Hall–Kier alpha value is -2.79. The van der Waals surface area contributed by atoms with Gasteiger partial charge in [-0.2, -0.15) is 14.4 Å². The first kappa shape index (κ1) is 21.4. The third-order valence-electron chi connectivity index (χ3n) is 5.17. The van der Waals surface area contributed by atoms with Crippen LogP contribution in [-0.4, -0.2) is 46.3 Å². The number of imidazole rings is 1. The maximum atomic E-state index is 13.9. The van der Waals surface area contributed by atoms with Gasteiger partial charge in [0.1, 0.15) is 11.6 Å². The topological polar surface area (TPSA) is 125 Å². The van der Waals surface area contributed by atoms with Crippen molar-refractivity contribution in [3.8, 4) is 5.75 Å². The monoisotopic (exact) mass is 448 g/mol. The first-order valence-electron chi connectivity index (χ1n) is 10.1. The lowest BCUT2D eigenvalue weighted by Gasteiger charge is -2.13. The van der Waals surface area contributed by atoms with Crippen LogP contribution in [0.2, 0.25) is 0 Å². The molecule has 0 radical (unpaired) electrons. The molecule has 3 aromatic rings. The van der Waals surface area contributed by atoms with Crippen LogP contribution in [0.3, 0.4) is 0 Å². The Morgan fingerprint density at radius 3 is 2.81 bits per heavy atom. The van der Waals surface area contributed by atoms with E-state index in [4.69, 9.17) is 10.5 Å². The molecule has 3 heterocycles. The molecule has 0 spiro atoms. The zero-order valence-corrected chi connectivity index (χ0v) is 18.5. The molecule has 0 unspecified atom stereocenters. The van der Waals surface area contributed by atoms with Crippen molar-refractivity contribution in [1.29, 1.82) is 0 Å². The summed E-state index contributed by atoms with van der Waals surface area (Å²) in [5.74, 6) is 1.08. The van der Waals surface area contributed by atoms with E-state index in [1.807, 2.05) is 13.0 Å². The summed E-state index contributed by atoms with van der Waals surface area (Å²) in [7, 11) is -3.54. The quantitative estimate of drug-likeness (QED) is 0.527. The van der Waals surface area contributed by atoms with Gasteiger partial charge in [0.05, 0.1) is 12.4 Å². The number of sulfonamides is 1. The minimum Gasteiger partial charge on any atom is -0.493 e. The number of hydrogen-bond donors (Lipinski definition) is 2. The van der Waals surface area contributed by atoms with Crippen LogP contribution >= 0.6 is 0 Å². The molecule has 166 valence electrons. The fraction of sp³-hybridized carbons (Fsp3) is 0.450. The van der Waals surface area contributed by atoms with Crippen LogP contribution in [0, 0.1) is 13.0 Å². The summed E-state index contributed by atoms with van der Waals surface area (Å²) in [5.41, 5.74) is 9.51. The molecule has 1 aliphatic heterocycles. The van der Waals surface area contributed by atoms with Crippen LogP contribution in [0.1, 0.15) is 36.4 Å². The molecule has 2 aromatic heterocycles. The highest BCUT2D eigenvalue weighted by Gasteiger charge is 2.21. The van der Waals surface area contributed by atoms with E-state index in [0.717, 1.165) is 28.9 Å². The number of nitrogens with two attached hydrogens (primary N) is 1. The summed E-state index contributed by atoms with van der Waals surface area (Å²) in [6.45, 7) is 6.20. The number of nitrogen functional groups attached to an aromatic ring is 1. The van der Waals surface area contributed by atoms with E-state index in [2.05, 4.69) is 25.7 Å². The van der Waals surface area contributed by atoms with Gasteiger partial charge in [-0.25, -0.2) is 18.1 Å². The first-order chi connectivity index (χ1) is 14.6. The molecule has 4 rings (SSSR count). The van der Waals surface area contributed by atoms with Gasteiger partial charge in [0.25, 0.3) is 0 Å². The molecule has 0 saturated carbocycles. The predicted molar refractivity (Wildman–Crippen MR) is 115 cm³/mol. The van der Waals surface area contributed by atoms with Gasteiger partial charge in [0.2, 0.25) is 10.0 Å². The summed E-state index contributed by atoms with van der Waals surface area (Å²) in [6.07, 6.45) is 0.279. The van der Waals surface area contributed by atoms with E-state index in [0.29, 0.717) is 18.9 Å². The summed E-state index contributed by atoms with van der Waals surface area (Å²) >= 11 is 0. The van der Waals surface area contributed by atoms with Gasteiger partial charge in [-0.15, -0.1) is 0 Å². The Morgan fingerprint density at radius 1 is 1.29 bits per heavy atom. The van der Waals surface area contributed by atoms with Crippen molar-refractivity contribution in [1.82, 2.24) is 24.2 Å². The van der Waals surface area contributed by atoms with Crippen molar-refractivity contribution in [2.75, 3.05) is 18.1 Å². The summed E-state index contributed by atoms with van der Waals surface area (Å²) < 4.78 is 48.4. The Morgan fingerprint density at radius 2 is 2.06 bits per heavy atom. The molecule has 31 heavy (non-hydrogen) atoms. The SMILES string of the molecule is Cc1cc2c(cc1Cc1nc3c(N)nc(F)nc3n1CCS(=O)(=O)NC(C)C)OCC2. The molecule has 11 heteroatoms. The predicted octanol–water partition coefficient (Wildman–Crippen LogP) is 1.71. The highest BCUT2D eigenvalue weighted by atomic mass is 32.2. The standard InChI is InChI=1S/C20H25FN6O3S/c1-11(2)26-31(28,29)7-5-27-16(23-17-18(22)24-20(21)25-19(17)27)10-14-9-15-13(4-6-30-15)8-12(14)3/h8-9,11,26H,4-7,10H2,1-3H3,(H2,22,24,25). The highest BCUT2D eigenvalue weighted by Crippen LogP contribution is 2.30. The molecule has 9 nitrogen and oxygen atoms in total. The fourth-order valence-electron chi connectivity index (χ4n) is 3.79. The van der Waals surface area contributed by atoms with Gasteiger partial charge >= 0.3 is 6.08 Å². The molecular weight excluding hydrogens is 423 g/mol. The maximum Gasteiger partial charge on any atom is 0.312 e. The zero-order valence-electron chi connectivity index (χ0n) is 17.6. The van der Waals surface area contributed by atoms with Gasteiger partial charge in [0.15, 0.2) is 17.0 Å². The van der Waals surface area contributed by atoms with Crippen LogP contribution < -0.4 is 15.2 Å². The number of fused-ring (bicyclic) bond motifs is 2. The number of anilines is 1. The van der Waals surface area contributed by atoms with E-state index in [1.165, 1.54) is 0 Å². The van der Waals surface area contributed by atoms with E-state index in [1.54, 1.807) is 18.4 Å². The van der Waals surface area contributed by atoms with Crippen molar-refractivity contribution >= 4 is 27.0 Å². The molecule has 0 amide bonds. The number of rotatable bonds is 7. The molecule has 3 N–H and O–H groups in total. The van der Waals surface area contributed by atoms with Crippen molar-refractivity contribution < 1.29 is 17.5 Å². The van der Waals surface area contributed by atoms with Crippen LogP contribution in [0.4, 0.5) is 10.2 Å². The molecule has 0 fully saturated rings. The average Bonchev–Trinajstić information content (AvgIpc) is 3.23. The highest BCUT2D eigenvalue weighted by molar-refractivity contribution is 7.89. The lowest BCUT2D eigenvalue weighted by atomic mass is 10.0. The second-order valence-electron chi connectivity index (χ2n) is 7.98. The number of hydrogen-bond acceptors (Lipinski definition) is 7. The van der Waals surface area contributed by atoms with Crippen molar-refractivity contribution in [2.45, 2.75) is 46.2 Å². The Balaban J connectivity index is 1.74. The van der Waals surface area contributed by atoms with Crippen LogP contribution in [0.25, 0.3) is 11.2 Å². The van der Waals surface area contributed by atoms with Gasteiger partial charge < -0.3 is 15.0 Å². The fourth-order valence-corrected chi connectivity index (χ4v) is 5.05. The molecule has 0 saturated heterocycles. The Kier molecular flexibility index (Phi) is 5.56. The minimum atomic E-state index is -3.54. The van der Waals surface area contributed by atoms with Crippen LogP contribution in [0.15, 0.2) is 12.1 Å². The van der Waals surface area contributed by atoms with Crippen molar-refractivity contribution in [2.24, 2.45) is 0 Å². The van der Waals surface area contributed by atoms with Gasteiger partial charge in [-0.1, -0.05) is 6.07 Å². The summed E-state index contributed by atoms with van der Waals surface area (Å²) in [4.78, 5) is 11.9. The van der Waals surface area contributed by atoms with Crippen molar-refractivity contribution in [3.05, 3.63) is 40.7 Å². The molecule has 1 aromatic carbocycles. The van der Waals surface area contributed by atoms with Crippen molar-refractivity contribution in [3.63, 3.8) is 0 Å². The van der Waals surface area contributed by atoms with Gasteiger partial charge in [0, 0.05) is 25.4 Å². The van der Waals surface area contributed by atoms with E-state index < -0.39 is 16.1 Å². The van der Waals surface area contributed by atoms with Crippen LogP contribution in [0.5, 0.6) is 5.75 Å². The molecule has 0 atom stereocenters. The number of halogens is 1. The number of aromatic nitrogens is 4. The largest absolute Gasteiger partial charge is 0.493 e. The summed E-state index contributed by atoms with van der Waals surface area (Å²) in [6, 6.07) is 3.84. The number of aryl methyl sites for hydroxylation is 2. The smallest absolute Gasteiger partial charge is 0.312 e. The second kappa shape index (κ2) is 8.04. The Bertz CT molecular complexity index is 1260. The molecule has 0 bridgehead atoms. The number of benzene rings is 1. The lowest BCUT2D eigenvalue weighted by Crippen LogP contribution is -2.33. The maximum absolute atomic E-state index is 13.9. The minimum absolute atomic E-state index is 0.0459. The van der Waals surface area contributed by atoms with Gasteiger partial charge in [-0.3, -0.25) is 0 Å². The number of nitrogens with one attached hydrogen (secondary N) is 1. The number of ether oxygens (including phenoxy) is 1. The van der Waals surface area contributed by atoms with E-state index >= 15 is 0 Å². The zero-order chi connectivity index (χ0) is 22.3. The Labute approximate surface area is 179 Å². The number of nitrogens with zero attached hydrogens (tertiary/aromatic N) is 4. The van der Waals surface area contributed by atoms with E-state index in [-0.39, 0.29) is 35.3 Å². The molecule has 0 aliphatic carbocycles. The van der Waals surface area contributed by atoms with E-state index in [9.17, 15) is 12.8 Å². The normalized spacial score (nSPS) is 13.7. The second-order valence-corrected chi connectivity index (χ2v) is 9.86. The molecule has 1 aliphatic rings. The molecular formula is C20H25FN6O3S. The van der Waals surface area contributed by atoms with Crippen LogP contribution in [-0.2, 0) is 29.4 Å². The van der Waals surface area contributed by atoms with Gasteiger partial charge in [-0.05, 0) is 43.5 Å².